The van der Waals surface area contributed by atoms with Gasteiger partial charge in [0, 0.05) is 5.69 Å². The summed E-state index contributed by atoms with van der Waals surface area (Å²) >= 11 is 0. The molecule has 2 N–H and O–H groups in total. The molecule has 2 aromatic carbocycles. The van der Waals surface area contributed by atoms with Gasteiger partial charge in [-0.2, -0.15) is 0 Å². The Bertz CT molecular complexity index is 791. The largest absolute Gasteiger partial charge is 0.478 e. The zero-order valence-corrected chi connectivity index (χ0v) is 14.6. The van der Waals surface area contributed by atoms with Crippen LogP contribution in [0.5, 0.6) is 5.75 Å². The van der Waals surface area contributed by atoms with Crippen LogP contribution in [0.3, 0.4) is 0 Å². The topological polar surface area (TPSA) is 67.4 Å². The molecule has 130 valence electrons. The number of ether oxygens (including phenoxy) is 1. The maximum absolute atomic E-state index is 12.2. The second-order valence-corrected chi connectivity index (χ2v) is 7.17. The van der Waals surface area contributed by atoms with Crippen LogP contribution in [0.4, 0.5) is 11.4 Å². The minimum Gasteiger partial charge on any atom is -0.478 e. The lowest BCUT2D eigenvalue weighted by molar-refractivity contribution is -0.128. The summed E-state index contributed by atoms with van der Waals surface area (Å²) in [6.07, 6.45) is -0.870. The summed E-state index contributed by atoms with van der Waals surface area (Å²) in [7, 11) is 0. The number of hydrogen-bond donors (Lipinski definition) is 2. The number of amides is 2. The summed E-state index contributed by atoms with van der Waals surface area (Å²) in [5, 5.41) is 5.57. The van der Waals surface area contributed by atoms with Gasteiger partial charge in [-0.05, 0) is 35.2 Å². The predicted octanol–water partition coefficient (Wildman–Crippen LogP) is 3.71. The van der Waals surface area contributed by atoms with Crippen molar-refractivity contribution in [3.63, 3.8) is 0 Å². The van der Waals surface area contributed by atoms with Crippen LogP contribution >= 0.6 is 0 Å². The van der Waals surface area contributed by atoms with E-state index in [0.29, 0.717) is 17.1 Å². The summed E-state index contributed by atoms with van der Waals surface area (Å²) in [5.74, 6) is 0.00870. The highest BCUT2D eigenvalue weighted by atomic mass is 16.5. The molecule has 0 fully saturated rings. The van der Waals surface area contributed by atoms with Crippen molar-refractivity contribution in [2.24, 2.45) is 0 Å². The fraction of sp³-hybridized carbons (Fsp3) is 0.300. The normalized spacial score (nSPS) is 16.4. The molecule has 0 radical (unpaired) electrons. The second-order valence-electron chi connectivity index (χ2n) is 7.17. The molecule has 0 unspecified atom stereocenters. The van der Waals surface area contributed by atoms with E-state index in [2.05, 4.69) is 31.4 Å². The van der Waals surface area contributed by atoms with Gasteiger partial charge in [-0.15, -0.1) is 0 Å². The van der Waals surface area contributed by atoms with Gasteiger partial charge in [0.05, 0.1) is 12.1 Å². The van der Waals surface area contributed by atoms with Crippen molar-refractivity contribution >= 4 is 23.2 Å². The minimum absolute atomic E-state index is 0.0405. The van der Waals surface area contributed by atoms with Crippen LogP contribution in [-0.2, 0) is 15.0 Å². The fourth-order valence-electron chi connectivity index (χ4n) is 2.66. The molecule has 0 aromatic heterocycles. The minimum atomic E-state index is -0.830. The number of anilines is 2. The van der Waals surface area contributed by atoms with Gasteiger partial charge < -0.3 is 15.4 Å². The highest BCUT2D eigenvalue weighted by Gasteiger charge is 2.29. The quantitative estimate of drug-likeness (QED) is 0.896. The number of para-hydroxylation sites is 2. The van der Waals surface area contributed by atoms with E-state index in [-0.39, 0.29) is 23.7 Å². The van der Waals surface area contributed by atoms with Gasteiger partial charge in [-0.1, -0.05) is 45.0 Å². The molecule has 1 aliphatic heterocycles. The van der Waals surface area contributed by atoms with E-state index in [4.69, 9.17) is 4.74 Å². The SMILES string of the molecule is CC(C)(C)c1ccc(NC(=O)C[C@H]2Oc3ccccc3NC2=O)cc1. The van der Waals surface area contributed by atoms with Crippen LogP contribution in [-0.4, -0.2) is 17.9 Å². The van der Waals surface area contributed by atoms with Crippen LogP contribution < -0.4 is 15.4 Å². The molecule has 1 atom stereocenters. The molecular weight excluding hydrogens is 316 g/mol. The van der Waals surface area contributed by atoms with E-state index < -0.39 is 6.10 Å². The molecular formula is C20H22N2O3. The zero-order chi connectivity index (χ0) is 18.0. The summed E-state index contributed by atoms with van der Waals surface area (Å²) in [5.41, 5.74) is 2.58. The first-order valence-corrected chi connectivity index (χ1v) is 8.30. The van der Waals surface area contributed by atoms with Crippen LogP contribution in [0.25, 0.3) is 0 Å². The first kappa shape index (κ1) is 17.0. The molecule has 0 spiro atoms. The zero-order valence-electron chi connectivity index (χ0n) is 14.6. The molecule has 1 heterocycles. The maximum Gasteiger partial charge on any atom is 0.266 e. The first-order valence-electron chi connectivity index (χ1n) is 8.30. The van der Waals surface area contributed by atoms with E-state index in [0.717, 1.165) is 0 Å². The molecule has 0 saturated heterocycles. The third-order valence-electron chi connectivity index (χ3n) is 4.11. The van der Waals surface area contributed by atoms with Crippen molar-refractivity contribution in [2.75, 3.05) is 10.6 Å². The van der Waals surface area contributed by atoms with Crippen molar-refractivity contribution in [3.8, 4) is 5.75 Å². The predicted molar refractivity (Wildman–Crippen MR) is 97.9 cm³/mol. The Hall–Kier alpha value is -2.82. The lowest BCUT2D eigenvalue weighted by atomic mass is 9.87. The van der Waals surface area contributed by atoms with Crippen molar-refractivity contribution < 1.29 is 14.3 Å². The standard InChI is InChI=1S/C20H22N2O3/c1-20(2,3)13-8-10-14(11-9-13)21-18(23)12-17-19(24)22-15-6-4-5-7-16(15)25-17/h4-11,17H,12H2,1-3H3,(H,21,23)(H,22,24)/t17-/m1/s1. The third kappa shape index (κ3) is 3.99. The molecule has 25 heavy (non-hydrogen) atoms. The number of fused-ring (bicyclic) bond motifs is 1. The smallest absolute Gasteiger partial charge is 0.266 e. The molecule has 0 bridgehead atoms. The number of rotatable bonds is 3. The molecule has 0 aliphatic carbocycles. The van der Waals surface area contributed by atoms with Crippen molar-refractivity contribution in [2.45, 2.75) is 38.7 Å². The van der Waals surface area contributed by atoms with E-state index in [1.807, 2.05) is 36.4 Å². The Morgan fingerprint density at radius 2 is 1.80 bits per heavy atom. The number of nitrogens with one attached hydrogen (secondary N) is 2. The Kier molecular flexibility index (Phi) is 4.49. The molecule has 1 aliphatic rings. The van der Waals surface area contributed by atoms with Crippen molar-refractivity contribution in [3.05, 3.63) is 54.1 Å². The summed E-state index contributed by atoms with van der Waals surface area (Å²) in [6.45, 7) is 6.41. The van der Waals surface area contributed by atoms with Crippen LogP contribution in [0.15, 0.2) is 48.5 Å². The lowest BCUT2D eigenvalue weighted by Gasteiger charge is -2.25. The number of carbonyl (C=O) groups excluding carboxylic acids is 2. The van der Waals surface area contributed by atoms with Crippen molar-refractivity contribution in [1.82, 2.24) is 0 Å². The van der Waals surface area contributed by atoms with Gasteiger partial charge in [0.15, 0.2) is 6.10 Å². The van der Waals surface area contributed by atoms with Crippen molar-refractivity contribution in [1.29, 1.82) is 0 Å². The second kappa shape index (κ2) is 6.59. The van der Waals surface area contributed by atoms with Crippen LogP contribution in [0.1, 0.15) is 32.8 Å². The number of carbonyl (C=O) groups is 2. The maximum atomic E-state index is 12.2. The summed E-state index contributed by atoms with van der Waals surface area (Å²) < 4.78 is 5.64. The van der Waals surface area contributed by atoms with Gasteiger partial charge in [0.1, 0.15) is 5.75 Å². The Morgan fingerprint density at radius 1 is 1.12 bits per heavy atom. The van der Waals surface area contributed by atoms with Gasteiger partial charge in [0.25, 0.3) is 5.91 Å². The van der Waals surface area contributed by atoms with Gasteiger partial charge in [0.2, 0.25) is 5.91 Å². The summed E-state index contributed by atoms with van der Waals surface area (Å²) in [6, 6.07) is 14.9. The lowest BCUT2D eigenvalue weighted by Crippen LogP contribution is -2.39. The van der Waals surface area contributed by atoms with Gasteiger partial charge in [-0.25, -0.2) is 0 Å². The third-order valence-corrected chi connectivity index (χ3v) is 4.11. The molecule has 0 saturated carbocycles. The molecule has 2 aromatic rings. The Labute approximate surface area is 147 Å². The Balaban J connectivity index is 1.62. The molecule has 2 amide bonds. The van der Waals surface area contributed by atoms with Crippen LogP contribution in [0, 0.1) is 0 Å². The number of hydrogen-bond acceptors (Lipinski definition) is 3. The van der Waals surface area contributed by atoms with Crippen LogP contribution in [0.2, 0.25) is 0 Å². The van der Waals surface area contributed by atoms with E-state index in [9.17, 15) is 9.59 Å². The summed E-state index contributed by atoms with van der Waals surface area (Å²) in [4.78, 5) is 24.3. The average Bonchev–Trinajstić information content (AvgIpc) is 2.55. The average molecular weight is 338 g/mol. The highest BCUT2D eigenvalue weighted by molar-refractivity contribution is 6.01. The molecule has 5 heteroatoms. The monoisotopic (exact) mass is 338 g/mol. The van der Waals surface area contributed by atoms with E-state index >= 15 is 0 Å². The van der Waals surface area contributed by atoms with Gasteiger partial charge in [-0.3, -0.25) is 9.59 Å². The highest BCUT2D eigenvalue weighted by Crippen LogP contribution is 2.29. The molecule has 5 nitrogen and oxygen atoms in total. The van der Waals surface area contributed by atoms with E-state index in [1.54, 1.807) is 12.1 Å². The number of benzene rings is 2. The fourth-order valence-corrected chi connectivity index (χ4v) is 2.66. The molecule has 3 rings (SSSR count). The first-order chi connectivity index (χ1) is 11.8. The Morgan fingerprint density at radius 3 is 2.48 bits per heavy atom. The van der Waals surface area contributed by atoms with Gasteiger partial charge >= 0.3 is 0 Å². The van der Waals surface area contributed by atoms with E-state index in [1.165, 1.54) is 5.56 Å².